The summed E-state index contributed by atoms with van der Waals surface area (Å²) in [6, 6.07) is -0.667. The molecule has 20 heavy (non-hydrogen) atoms. The number of halogens is 5. The predicted octanol–water partition coefficient (Wildman–Crippen LogP) is 2.73. The Kier molecular flexibility index (Phi) is 5.63. The zero-order valence-electron chi connectivity index (χ0n) is 11.0. The van der Waals surface area contributed by atoms with Crippen LogP contribution in [0.2, 0.25) is 0 Å². The molecule has 0 bridgehead atoms. The van der Waals surface area contributed by atoms with Gasteiger partial charge in [0.05, 0.1) is 0 Å². The molecule has 0 heterocycles. The van der Waals surface area contributed by atoms with E-state index in [-0.39, 0.29) is 6.61 Å². The molecule has 0 aliphatic rings. The molecule has 0 unspecified atom stereocenters. The third-order valence-electron chi connectivity index (χ3n) is 2.68. The van der Waals surface area contributed by atoms with Crippen LogP contribution in [0.1, 0.15) is 12.5 Å². The van der Waals surface area contributed by atoms with Gasteiger partial charge in [-0.15, -0.1) is 0 Å². The molecule has 0 saturated carbocycles. The van der Waals surface area contributed by atoms with Gasteiger partial charge in [0.1, 0.15) is 0 Å². The maximum Gasteiger partial charge on any atom is 0.505 e. The topological polar surface area (TPSA) is 27.7 Å². The summed E-state index contributed by atoms with van der Waals surface area (Å²) in [4.78, 5) is 0. The first-order valence-electron chi connectivity index (χ1n) is 5.58. The second-order valence-corrected chi connectivity index (χ2v) is 6.57. The molecular formula is C11H13F5O3Si. The van der Waals surface area contributed by atoms with E-state index in [2.05, 4.69) is 0 Å². The van der Waals surface area contributed by atoms with Crippen LogP contribution in [0, 0.1) is 29.1 Å². The van der Waals surface area contributed by atoms with Crippen LogP contribution in [-0.2, 0) is 19.3 Å². The van der Waals surface area contributed by atoms with Gasteiger partial charge in [0.25, 0.3) is 0 Å². The average Bonchev–Trinajstić information content (AvgIpc) is 2.46. The first kappa shape index (κ1) is 17.0. The van der Waals surface area contributed by atoms with Crippen molar-refractivity contribution in [2.24, 2.45) is 0 Å². The average molecular weight is 316 g/mol. The van der Waals surface area contributed by atoms with Gasteiger partial charge in [-0.05, 0) is 6.92 Å². The van der Waals surface area contributed by atoms with E-state index in [0.717, 1.165) is 0 Å². The minimum Gasteiger partial charge on any atom is -0.377 e. The van der Waals surface area contributed by atoms with Crippen LogP contribution in [0.15, 0.2) is 0 Å². The van der Waals surface area contributed by atoms with Gasteiger partial charge in [-0.3, -0.25) is 0 Å². The highest BCUT2D eigenvalue weighted by Crippen LogP contribution is 2.26. The normalized spacial score (nSPS) is 12.0. The van der Waals surface area contributed by atoms with Crippen LogP contribution in [0.25, 0.3) is 0 Å². The molecule has 0 aromatic heterocycles. The summed E-state index contributed by atoms with van der Waals surface area (Å²) in [5, 5.41) is 0. The van der Waals surface area contributed by atoms with Crippen LogP contribution in [0.5, 0.6) is 0 Å². The Labute approximate surface area is 113 Å². The van der Waals surface area contributed by atoms with Gasteiger partial charge in [-0.1, -0.05) is 0 Å². The van der Waals surface area contributed by atoms with Crippen molar-refractivity contribution >= 4 is 8.80 Å². The maximum atomic E-state index is 13.6. The predicted molar refractivity (Wildman–Crippen MR) is 61.3 cm³/mol. The van der Waals surface area contributed by atoms with E-state index in [9.17, 15) is 22.0 Å². The van der Waals surface area contributed by atoms with Crippen LogP contribution in [0.4, 0.5) is 22.0 Å². The number of benzene rings is 1. The van der Waals surface area contributed by atoms with Crippen molar-refractivity contribution < 1.29 is 35.2 Å². The zero-order chi connectivity index (χ0) is 15.5. The fourth-order valence-electron chi connectivity index (χ4n) is 1.64. The van der Waals surface area contributed by atoms with Crippen LogP contribution in [-0.4, -0.2) is 29.6 Å². The van der Waals surface area contributed by atoms with Gasteiger partial charge >= 0.3 is 8.80 Å². The molecule has 114 valence electrons. The minimum atomic E-state index is -3.55. The van der Waals surface area contributed by atoms with Crippen molar-refractivity contribution in [1.82, 2.24) is 0 Å². The Balaban J connectivity index is 3.33. The van der Waals surface area contributed by atoms with Crippen molar-refractivity contribution in [1.29, 1.82) is 0 Å². The molecule has 0 amide bonds. The lowest BCUT2D eigenvalue weighted by atomic mass is 10.2. The van der Waals surface area contributed by atoms with Crippen molar-refractivity contribution in [3.63, 3.8) is 0 Å². The summed E-state index contributed by atoms with van der Waals surface area (Å²) in [7, 11) is -1.19. The third-order valence-corrected chi connectivity index (χ3v) is 5.44. The summed E-state index contributed by atoms with van der Waals surface area (Å²) in [6.07, 6.45) is 0. The quantitative estimate of drug-likeness (QED) is 0.350. The van der Waals surface area contributed by atoms with E-state index in [1.54, 1.807) is 6.92 Å². The molecule has 0 atom stereocenters. The van der Waals surface area contributed by atoms with Crippen molar-refractivity contribution in [3.05, 3.63) is 34.6 Å². The molecule has 0 spiro atoms. The van der Waals surface area contributed by atoms with E-state index < -0.39 is 49.5 Å². The van der Waals surface area contributed by atoms with Gasteiger partial charge in [0, 0.05) is 32.4 Å². The third kappa shape index (κ3) is 3.00. The Morgan fingerprint density at radius 3 is 1.55 bits per heavy atom. The highest BCUT2D eigenvalue weighted by molar-refractivity contribution is 6.60. The Morgan fingerprint density at radius 2 is 1.20 bits per heavy atom. The molecule has 0 aliphatic carbocycles. The van der Waals surface area contributed by atoms with E-state index in [0.29, 0.717) is 0 Å². The Morgan fingerprint density at radius 1 is 0.800 bits per heavy atom. The lowest BCUT2D eigenvalue weighted by molar-refractivity contribution is 0.102. The standard InChI is InChI=1S/C11H13F5O3Si/c1-4-19-20(17-2,18-3)5-6-7(12)9(14)11(16)10(15)8(6)13/h4-5H2,1-3H3. The van der Waals surface area contributed by atoms with Gasteiger partial charge in [0.2, 0.25) is 5.82 Å². The van der Waals surface area contributed by atoms with Crippen molar-refractivity contribution in [2.75, 3.05) is 20.8 Å². The smallest absolute Gasteiger partial charge is 0.377 e. The zero-order valence-corrected chi connectivity index (χ0v) is 12.0. The fraction of sp³-hybridized carbons (Fsp3) is 0.455. The number of hydrogen-bond acceptors (Lipinski definition) is 3. The molecule has 1 aromatic rings. The highest BCUT2D eigenvalue weighted by Gasteiger charge is 2.42. The summed E-state index contributed by atoms with van der Waals surface area (Å²) in [5.41, 5.74) is -1.01. The molecule has 3 nitrogen and oxygen atoms in total. The molecule has 0 aliphatic heterocycles. The first-order chi connectivity index (χ1) is 9.33. The Hall–Kier alpha value is -1.03. The lowest BCUT2D eigenvalue weighted by Gasteiger charge is -2.26. The van der Waals surface area contributed by atoms with E-state index >= 15 is 0 Å². The second kappa shape index (κ2) is 6.61. The Bertz CT molecular complexity index is 464. The monoisotopic (exact) mass is 316 g/mol. The molecule has 0 saturated heterocycles. The second-order valence-electron chi connectivity index (χ2n) is 3.75. The molecular weight excluding hydrogens is 303 g/mol. The molecule has 0 fully saturated rings. The molecule has 1 aromatic carbocycles. The van der Waals surface area contributed by atoms with Crippen molar-refractivity contribution in [2.45, 2.75) is 13.0 Å². The highest BCUT2D eigenvalue weighted by atomic mass is 28.4. The molecule has 0 radical (unpaired) electrons. The maximum absolute atomic E-state index is 13.6. The number of rotatable bonds is 6. The van der Waals surface area contributed by atoms with Gasteiger partial charge in [-0.25, -0.2) is 22.0 Å². The summed E-state index contributed by atoms with van der Waals surface area (Å²) >= 11 is 0. The SMILES string of the molecule is CCO[Si](Cc1c(F)c(F)c(F)c(F)c1F)(OC)OC. The van der Waals surface area contributed by atoms with Gasteiger partial charge in [0.15, 0.2) is 23.3 Å². The van der Waals surface area contributed by atoms with Crippen molar-refractivity contribution in [3.8, 4) is 0 Å². The summed E-state index contributed by atoms with van der Waals surface area (Å²) < 4.78 is 81.4. The largest absolute Gasteiger partial charge is 0.505 e. The van der Waals surface area contributed by atoms with Crippen LogP contribution < -0.4 is 0 Å². The van der Waals surface area contributed by atoms with Crippen LogP contribution in [0.3, 0.4) is 0 Å². The fourth-order valence-corrected chi connectivity index (χ4v) is 3.61. The number of hydrogen-bond donors (Lipinski definition) is 0. The lowest BCUT2D eigenvalue weighted by Crippen LogP contribution is -2.47. The molecule has 9 heteroatoms. The van der Waals surface area contributed by atoms with Gasteiger partial charge < -0.3 is 13.3 Å². The van der Waals surface area contributed by atoms with E-state index in [4.69, 9.17) is 13.3 Å². The minimum absolute atomic E-state index is 0.100. The molecule has 1 rings (SSSR count). The van der Waals surface area contributed by atoms with Crippen LogP contribution >= 0.6 is 0 Å². The van der Waals surface area contributed by atoms with E-state index in [1.165, 1.54) is 14.2 Å². The van der Waals surface area contributed by atoms with Gasteiger partial charge in [-0.2, -0.15) is 0 Å². The summed E-state index contributed by atoms with van der Waals surface area (Å²) in [6.45, 7) is 1.68. The van der Waals surface area contributed by atoms with E-state index in [1.807, 2.05) is 0 Å². The molecule has 0 N–H and O–H groups in total. The summed E-state index contributed by atoms with van der Waals surface area (Å²) in [5.74, 6) is -10.0. The first-order valence-corrected chi connectivity index (χ1v) is 7.51.